The Morgan fingerprint density at radius 1 is 0.356 bits per heavy atom. The molecule has 10 aromatic rings. The lowest BCUT2D eigenvalue weighted by Crippen LogP contribution is -1.96. The van der Waals surface area contributed by atoms with Crippen LogP contribution in [0.4, 0.5) is 0 Å². The zero-order valence-corrected chi connectivity index (χ0v) is 24.3. The molecule has 0 aliphatic heterocycles. The van der Waals surface area contributed by atoms with Crippen LogP contribution in [-0.2, 0) is 0 Å². The summed E-state index contributed by atoms with van der Waals surface area (Å²) in [5, 5.41) is 7.30. The lowest BCUT2D eigenvalue weighted by atomic mass is 10.0. The third kappa shape index (κ3) is 3.46. The van der Waals surface area contributed by atoms with Crippen molar-refractivity contribution >= 4 is 65.6 Å². The van der Waals surface area contributed by atoms with Crippen molar-refractivity contribution in [3.63, 3.8) is 0 Å². The van der Waals surface area contributed by atoms with Crippen molar-refractivity contribution in [1.82, 2.24) is 9.13 Å². The summed E-state index contributed by atoms with van der Waals surface area (Å²) in [6, 6.07) is 56.6. The van der Waals surface area contributed by atoms with Crippen molar-refractivity contribution in [2.24, 2.45) is 0 Å². The fraction of sp³-hybridized carbons (Fsp3) is 0. The van der Waals surface area contributed by atoms with Gasteiger partial charge in [0.2, 0.25) is 0 Å². The van der Waals surface area contributed by atoms with Crippen LogP contribution >= 0.6 is 0 Å². The molecule has 0 radical (unpaired) electrons. The van der Waals surface area contributed by atoms with Crippen molar-refractivity contribution in [1.29, 1.82) is 0 Å². The quantitative estimate of drug-likeness (QED) is 0.206. The van der Waals surface area contributed by atoms with E-state index >= 15 is 0 Å². The van der Waals surface area contributed by atoms with E-state index in [1.807, 2.05) is 12.1 Å². The van der Waals surface area contributed by atoms with E-state index in [2.05, 4.69) is 155 Å². The van der Waals surface area contributed by atoms with E-state index < -0.39 is 0 Å². The molecule has 45 heavy (non-hydrogen) atoms. The van der Waals surface area contributed by atoms with Gasteiger partial charge in [-0.1, -0.05) is 97.1 Å². The highest BCUT2D eigenvalue weighted by atomic mass is 16.3. The van der Waals surface area contributed by atoms with E-state index in [-0.39, 0.29) is 0 Å². The molecular weight excluding hydrogens is 548 g/mol. The van der Waals surface area contributed by atoms with Crippen LogP contribution in [-0.4, -0.2) is 9.13 Å². The van der Waals surface area contributed by atoms with Crippen molar-refractivity contribution in [2.45, 2.75) is 0 Å². The highest BCUT2D eigenvalue weighted by Crippen LogP contribution is 2.40. The zero-order chi connectivity index (χ0) is 29.5. The molecule has 0 saturated heterocycles. The van der Waals surface area contributed by atoms with E-state index in [4.69, 9.17) is 4.42 Å². The Morgan fingerprint density at radius 2 is 0.933 bits per heavy atom. The molecule has 0 fully saturated rings. The van der Waals surface area contributed by atoms with Crippen molar-refractivity contribution in [2.75, 3.05) is 0 Å². The van der Waals surface area contributed by atoms with Gasteiger partial charge in [0, 0.05) is 38.0 Å². The first-order chi connectivity index (χ1) is 22.3. The zero-order valence-electron chi connectivity index (χ0n) is 24.3. The minimum absolute atomic E-state index is 0.913. The van der Waals surface area contributed by atoms with Crippen LogP contribution in [0.3, 0.4) is 0 Å². The van der Waals surface area contributed by atoms with Gasteiger partial charge in [-0.25, -0.2) is 0 Å². The van der Waals surface area contributed by atoms with Crippen LogP contribution in [0.5, 0.6) is 0 Å². The average Bonchev–Trinajstić information content (AvgIpc) is 3.76. The van der Waals surface area contributed by atoms with Crippen LogP contribution < -0.4 is 0 Å². The van der Waals surface area contributed by atoms with Crippen molar-refractivity contribution in [3.8, 4) is 22.5 Å². The smallest absolute Gasteiger partial charge is 0.135 e. The molecule has 0 unspecified atom stereocenters. The molecule has 0 aliphatic rings. The highest BCUT2D eigenvalue weighted by Gasteiger charge is 2.19. The number of hydrogen-bond donors (Lipinski definition) is 0. The minimum atomic E-state index is 0.913. The lowest BCUT2D eigenvalue weighted by Gasteiger charge is -2.12. The second kappa shape index (κ2) is 9.22. The molecule has 0 atom stereocenters. The first-order valence-electron chi connectivity index (χ1n) is 15.4. The minimum Gasteiger partial charge on any atom is -0.456 e. The highest BCUT2D eigenvalue weighted by molar-refractivity contribution is 6.16. The molecule has 0 bridgehead atoms. The van der Waals surface area contributed by atoms with Gasteiger partial charge in [-0.2, -0.15) is 0 Å². The molecule has 0 aliphatic carbocycles. The maximum atomic E-state index is 6.11. The Morgan fingerprint density at radius 3 is 1.71 bits per heavy atom. The first-order valence-corrected chi connectivity index (χ1v) is 15.4. The molecule has 3 heterocycles. The molecular formula is C42H26N2O. The van der Waals surface area contributed by atoms with E-state index in [9.17, 15) is 0 Å². The average molecular weight is 575 g/mol. The third-order valence-electron chi connectivity index (χ3n) is 9.31. The largest absolute Gasteiger partial charge is 0.456 e. The SMILES string of the molecule is c1cc(-c2ccc3oc4ccccc4c3c2)cc(-n2c3ccccc3c3c(-n4c5ccccc5c5ccccc54)cccc32)c1. The summed E-state index contributed by atoms with van der Waals surface area (Å²) in [6.45, 7) is 0. The summed E-state index contributed by atoms with van der Waals surface area (Å²) in [5.74, 6) is 0. The van der Waals surface area contributed by atoms with Crippen molar-refractivity contribution in [3.05, 3.63) is 158 Å². The van der Waals surface area contributed by atoms with Crippen LogP contribution in [0.1, 0.15) is 0 Å². The second-order valence-electron chi connectivity index (χ2n) is 11.8. The Balaban J connectivity index is 1.23. The fourth-order valence-electron chi connectivity index (χ4n) is 7.38. The monoisotopic (exact) mass is 574 g/mol. The van der Waals surface area contributed by atoms with Gasteiger partial charge in [0.1, 0.15) is 11.2 Å². The predicted molar refractivity (Wildman–Crippen MR) is 188 cm³/mol. The molecule has 0 saturated carbocycles. The van der Waals surface area contributed by atoms with Crippen LogP contribution in [0.15, 0.2) is 162 Å². The topological polar surface area (TPSA) is 23.0 Å². The summed E-state index contributed by atoms with van der Waals surface area (Å²) in [6.07, 6.45) is 0. The number of furan rings is 1. The Bertz CT molecular complexity index is 2720. The van der Waals surface area contributed by atoms with Gasteiger partial charge in [0.25, 0.3) is 0 Å². The standard InChI is InChI=1S/C42H26N2O/c1-5-17-35-30(13-1)31-14-2-6-18-36(31)44(35)39-21-10-20-38-42(39)33-16-3-7-19-37(33)43(38)29-12-9-11-27(25-29)28-23-24-41-34(26-28)32-15-4-8-22-40(32)45-41/h1-26H. The van der Waals surface area contributed by atoms with Gasteiger partial charge in [0.15, 0.2) is 0 Å². The molecule has 0 N–H and O–H groups in total. The summed E-state index contributed by atoms with van der Waals surface area (Å²) in [7, 11) is 0. The van der Waals surface area contributed by atoms with E-state index in [1.54, 1.807) is 0 Å². The summed E-state index contributed by atoms with van der Waals surface area (Å²) >= 11 is 0. The van der Waals surface area contributed by atoms with Gasteiger partial charge in [-0.15, -0.1) is 0 Å². The molecule has 3 nitrogen and oxygen atoms in total. The number of aromatic nitrogens is 2. The number of benzene rings is 7. The molecule has 3 heteroatoms. The van der Waals surface area contributed by atoms with Gasteiger partial charge in [-0.05, 0) is 71.8 Å². The van der Waals surface area contributed by atoms with Gasteiger partial charge >= 0.3 is 0 Å². The number of hydrogen-bond acceptors (Lipinski definition) is 1. The van der Waals surface area contributed by atoms with Gasteiger partial charge < -0.3 is 13.6 Å². The Hall–Kier alpha value is -6.06. The van der Waals surface area contributed by atoms with Gasteiger partial charge in [0.05, 0.1) is 27.8 Å². The molecule has 0 amide bonds. The first kappa shape index (κ1) is 24.4. The maximum absolute atomic E-state index is 6.11. The lowest BCUT2D eigenvalue weighted by molar-refractivity contribution is 0.669. The number of rotatable bonds is 3. The van der Waals surface area contributed by atoms with E-state index in [0.717, 1.165) is 27.6 Å². The molecule has 3 aromatic heterocycles. The number of para-hydroxylation sites is 4. The van der Waals surface area contributed by atoms with E-state index in [0.29, 0.717) is 0 Å². The van der Waals surface area contributed by atoms with Gasteiger partial charge in [-0.3, -0.25) is 0 Å². The number of fused-ring (bicyclic) bond motifs is 9. The molecule has 10 rings (SSSR count). The maximum Gasteiger partial charge on any atom is 0.135 e. The third-order valence-corrected chi connectivity index (χ3v) is 9.31. The van der Waals surface area contributed by atoms with Crippen LogP contribution in [0, 0.1) is 0 Å². The second-order valence-corrected chi connectivity index (χ2v) is 11.8. The molecule has 0 spiro atoms. The predicted octanol–water partition coefficient (Wildman–Crippen LogP) is 11.4. The molecule has 210 valence electrons. The van der Waals surface area contributed by atoms with Crippen LogP contribution in [0.2, 0.25) is 0 Å². The van der Waals surface area contributed by atoms with Crippen molar-refractivity contribution < 1.29 is 4.42 Å². The Kier molecular flexibility index (Phi) is 5.00. The summed E-state index contributed by atoms with van der Waals surface area (Å²) in [4.78, 5) is 0. The van der Waals surface area contributed by atoms with E-state index in [1.165, 1.54) is 60.4 Å². The normalized spacial score (nSPS) is 12.0. The Labute approximate surface area is 258 Å². The molecule has 7 aromatic carbocycles. The summed E-state index contributed by atoms with van der Waals surface area (Å²) < 4.78 is 11.0. The summed E-state index contributed by atoms with van der Waals surface area (Å²) in [5.41, 5.74) is 11.3. The van der Waals surface area contributed by atoms with Crippen LogP contribution in [0.25, 0.3) is 88.1 Å². The number of nitrogens with zero attached hydrogens (tertiary/aromatic N) is 2. The fourth-order valence-corrected chi connectivity index (χ4v) is 7.38.